The molecule has 5 rings (SSSR count). The van der Waals surface area contributed by atoms with Crippen molar-refractivity contribution in [3.63, 3.8) is 0 Å². The largest absolute Gasteiger partial charge is 0.491 e. The summed E-state index contributed by atoms with van der Waals surface area (Å²) in [5.74, 6) is 1.40. The molecule has 0 aromatic carbocycles. The monoisotopic (exact) mass is 420 g/mol. The molecule has 3 atom stereocenters. The molecule has 0 amide bonds. The maximum atomic E-state index is 13.0. The smallest absolute Gasteiger partial charge is 0.437 e. The van der Waals surface area contributed by atoms with Gasteiger partial charge in [0.25, 0.3) is 0 Å². The van der Waals surface area contributed by atoms with Gasteiger partial charge in [-0.25, -0.2) is 15.0 Å². The van der Waals surface area contributed by atoms with Gasteiger partial charge in [0.2, 0.25) is 5.95 Å². The Balaban J connectivity index is 1.20. The second-order valence-corrected chi connectivity index (χ2v) is 7.87. The Morgan fingerprint density at radius 1 is 1.14 bits per heavy atom. The van der Waals surface area contributed by atoms with Crippen LogP contribution in [-0.2, 0) is 6.18 Å². The van der Waals surface area contributed by atoms with E-state index in [-0.39, 0.29) is 18.3 Å². The summed E-state index contributed by atoms with van der Waals surface area (Å²) in [4.78, 5) is 14.4. The average molecular weight is 420 g/mol. The van der Waals surface area contributed by atoms with Crippen molar-refractivity contribution >= 4 is 17.3 Å². The van der Waals surface area contributed by atoms with Gasteiger partial charge >= 0.3 is 6.18 Å². The molecule has 11 heteroatoms. The number of anilines is 1. The number of fused-ring (bicyclic) bond motifs is 1. The minimum Gasteiger partial charge on any atom is -0.491 e. The van der Waals surface area contributed by atoms with Gasteiger partial charge in [0.1, 0.15) is 17.0 Å². The first-order chi connectivity index (χ1) is 14.0. The maximum Gasteiger partial charge on any atom is 0.437 e. The van der Waals surface area contributed by atoms with Crippen molar-refractivity contribution in [1.82, 2.24) is 25.1 Å². The second kappa shape index (κ2) is 6.90. The summed E-state index contributed by atoms with van der Waals surface area (Å²) >= 11 is 1.41. The topological polar surface area (TPSA) is 76.9 Å². The molecule has 1 saturated carbocycles. The highest BCUT2D eigenvalue weighted by atomic mass is 32.1. The summed E-state index contributed by atoms with van der Waals surface area (Å²) in [7, 11) is 0. The van der Waals surface area contributed by atoms with Gasteiger partial charge in [0, 0.05) is 31.4 Å². The molecule has 0 spiro atoms. The zero-order valence-corrected chi connectivity index (χ0v) is 15.8. The molecule has 0 bridgehead atoms. The van der Waals surface area contributed by atoms with E-state index in [1.807, 2.05) is 0 Å². The first-order valence-electron chi connectivity index (χ1n) is 9.00. The molecular formula is C18H15F3N6OS. The lowest BCUT2D eigenvalue weighted by atomic mass is 10.2. The van der Waals surface area contributed by atoms with E-state index in [0.717, 1.165) is 30.0 Å². The Morgan fingerprint density at radius 2 is 1.97 bits per heavy atom. The SMILES string of the molecule is FC(F)(F)c1ncccc1OC[C@H]1[C@H]2CN(c3nccc(-c4nncs4)n3)C[C@@H]12. The third-order valence-corrected chi connectivity index (χ3v) is 6.06. The normalized spacial score (nSPS) is 23.1. The molecule has 0 N–H and O–H groups in total. The van der Waals surface area contributed by atoms with Gasteiger partial charge in [0.15, 0.2) is 10.7 Å². The fraction of sp³-hybridized carbons (Fsp3) is 0.389. The molecule has 29 heavy (non-hydrogen) atoms. The number of alkyl halides is 3. The van der Waals surface area contributed by atoms with E-state index in [2.05, 4.69) is 30.0 Å². The fourth-order valence-electron chi connectivity index (χ4n) is 3.87. The number of halogens is 3. The van der Waals surface area contributed by atoms with Crippen molar-refractivity contribution in [1.29, 1.82) is 0 Å². The summed E-state index contributed by atoms with van der Waals surface area (Å²) in [5, 5.41) is 8.59. The van der Waals surface area contributed by atoms with Gasteiger partial charge < -0.3 is 9.64 Å². The highest BCUT2D eigenvalue weighted by Gasteiger charge is 2.56. The first kappa shape index (κ1) is 18.2. The highest BCUT2D eigenvalue weighted by molar-refractivity contribution is 7.12. The van der Waals surface area contributed by atoms with Crippen LogP contribution in [-0.4, -0.2) is 44.8 Å². The molecule has 0 unspecified atom stereocenters. The molecule has 1 saturated heterocycles. The molecule has 2 aliphatic rings. The number of hydrogen-bond donors (Lipinski definition) is 0. The minimum atomic E-state index is -4.53. The van der Waals surface area contributed by atoms with Gasteiger partial charge in [-0.3, -0.25) is 0 Å². The Labute approximate surface area is 167 Å². The van der Waals surface area contributed by atoms with Crippen LogP contribution in [0.3, 0.4) is 0 Å². The van der Waals surface area contributed by atoms with Gasteiger partial charge in [0.05, 0.1) is 6.61 Å². The van der Waals surface area contributed by atoms with E-state index in [1.165, 1.54) is 23.5 Å². The van der Waals surface area contributed by atoms with Gasteiger partial charge in [-0.15, -0.1) is 10.2 Å². The number of piperidine rings is 1. The van der Waals surface area contributed by atoms with Gasteiger partial charge in [-0.1, -0.05) is 11.3 Å². The lowest BCUT2D eigenvalue weighted by Crippen LogP contribution is -2.27. The molecule has 3 aromatic heterocycles. The molecule has 1 aliphatic heterocycles. The quantitative estimate of drug-likeness (QED) is 0.627. The Bertz CT molecular complexity index is 1000. The molecule has 3 aromatic rings. The summed E-state index contributed by atoms with van der Waals surface area (Å²) in [6, 6.07) is 4.55. The first-order valence-corrected chi connectivity index (χ1v) is 9.88. The second-order valence-electron chi connectivity index (χ2n) is 7.04. The van der Waals surface area contributed by atoms with Gasteiger partial charge in [-0.05, 0) is 30.0 Å². The number of ether oxygens (including phenoxy) is 1. The zero-order valence-electron chi connectivity index (χ0n) is 15.0. The van der Waals surface area contributed by atoms with Crippen molar-refractivity contribution in [2.24, 2.45) is 17.8 Å². The summed E-state index contributed by atoms with van der Waals surface area (Å²) in [6.07, 6.45) is -1.71. The van der Waals surface area contributed by atoms with Crippen molar-refractivity contribution in [2.75, 3.05) is 24.6 Å². The zero-order chi connectivity index (χ0) is 20.0. The predicted octanol–water partition coefficient (Wildman–Crippen LogP) is 3.17. The summed E-state index contributed by atoms with van der Waals surface area (Å²) in [5.41, 5.74) is 1.41. The lowest BCUT2D eigenvalue weighted by Gasteiger charge is -2.20. The minimum absolute atomic E-state index is 0.213. The van der Waals surface area contributed by atoms with E-state index in [4.69, 9.17) is 4.74 Å². The van der Waals surface area contributed by atoms with Crippen LogP contribution in [0.15, 0.2) is 36.1 Å². The average Bonchev–Trinajstić information content (AvgIpc) is 3.14. The number of pyridine rings is 1. The van der Waals surface area contributed by atoms with Crippen LogP contribution < -0.4 is 9.64 Å². The molecule has 4 heterocycles. The van der Waals surface area contributed by atoms with Crippen LogP contribution in [0.5, 0.6) is 5.75 Å². The van der Waals surface area contributed by atoms with E-state index >= 15 is 0 Å². The molecule has 0 radical (unpaired) electrons. The van der Waals surface area contributed by atoms with Gasteiger partial charge in [-0.2, -0.15) is 13.2 Å². The molecular weight excluding hydrogens is 405 g/mol. The van der Waals surface area contributed by atoms with Crippen molar-refractivity contribution < 1.29 is 17.9 Å². The standard InChI is InChI=1S/C18H15F3N6OS/c19-18(20,21)15-14(2-1-4-22-15)28-8-12-10-6-27(7-11(10)12)17-23-5-3-13(25-17)16-26-24-9-29-16/h1-5,9-12H,6-8H2/t10-,11+,12-. The van der Waals surface area contributed by atoms with Crippen molar-refractivity contribution in [3.8, 4) is 16.5 Å². The van der Waals surface area contributed by atoms with Crippen LogP contribution in [0.2, 0.25) is 0 Å². The van der Waals surface area contributed by atoms with E-state index in [9.17, 15) is 13.2 Å². The number of hydrogen-bond acceptors (Lipinski definition) is 8. The van der Waals surface area contributed by atoms with E-state index < -0.39 is 11.9 Å². The van der Waals surface area contributed by atoms with Crippen LogP contribution in [0.25, 0.3) is 10.7 Å². The highest BCUT2D eigenvalue weighted by Crippen LogP contribution is 2.52. The molecule has 150 valence electrons. The molecule has 1 aliphatic carbocycles. The van der Waals surface area contributed by atoms with Crippen LogP contribution >= 0.6 is 11.3 Å². The van der Waals surface area contributed by atoms with Crippen LogP contribution in [0.1, 0.15) is 5.69 Å². The van der Waals surface area contributed by atoms with E-state index in [1.54, 1.807) is 17.8 Å². The van der Waals surface area contributed by atoms with Crippen LogP contribution in [0.4, 0.5) is 19.1 Å². The number of rotatable bonds is 5. The van der Waals surface area contributed by atoms with Crippen molar-refractivity contribution in [3.05, 3.63) is 41.8 Å². The molecule has 7 nitrogen and oxygen atoms in total. The summed E-state index contributed by atoms with van der Waals surface area (Å²) < 4.78 is 44.6. The Kier molecular flexibility index (Phi) is 4.34. The number of nitrogens with zero attached hydrogens (tertiary/aromatic N) is 6. The summed E-state index contributed by atoms with van der Waals surface area (Å²) in [6.45, 7) is 1.78. The Hall–Kier alpha value is -2.82. The van der Waals surface area contributed by atoms with E-state index in [0.29, 0.717) is 17.8 Å². The Morgan fingerprint density at radius 3 is 2.69 bits per heavy atom. The maximum absolute atomic E-state index is 13.0. The van der Waals surface area contributed by atoms with Crippen molar-refractivity contribution in [2.45, 2.75) is 6.18 Å². The molecule has 2 fully saturated rings. The fourth-order valence-corrected chi connectivity index (χ4v) is 4.39. The van der Waals surface area contributed by atoms with Crippen LogP contribution in [0, 0.1) is 17.8 Å². The number of aromatic nitrogens is 5. The lowest BCUT2D eigenvalue weighted by molar-refractivity contribution is -0.142. The third kappa shape index (κ3) is 3.50. The third-order valence-electron chi connectivity index (χ3n) is 5.35. The predicted molar refractivity (Wildman–Crippen MR) is 98.4 cm³/mol.